The van der Waals surface area contributed by atoms with Gasteiger partial charge in [-0.3, -0.25) is 0 Å². The van der Waals surface area contributed by atoms with Gasteiger partial charge in [0, 0.05) is 37.8 Å². The Hall–Kier alpha value is -0.120. The summed E-state index contributed by atoms with van der Waals surface area (Å²) in [6.07, 6.45) is 4.64. The molecule has 2 N–H and O–H groups in total. The van der Waals surface area contributed by atoms with Crippen molar-refractivity contribution in [3.05, 3.63) is 0 Å². The molecular weight excluding hydrogens is 166 g/mol. The second-order valence-corrected chi connectivity index (χ2v) is 4.43. The van der Waals surface area contributed by atoms with Crippen molar-refractivity contribution in [2.45, 2.75) is 31.7 Å². The number of rotatable bonds is 4. The van der Waals surface area contributed by atoms with Gasteiger partial charge in [0.1, 0.15) is 0 Å². The Morgan fingerprint density at radius 3 is 2.54 bits per heavy atom. The highest BCUT2D eigenvalue weighted by molar-refractivity contribution is 4.95. The Kier molecular flexibility index (Phi) is 2.86. The molecular formula is C10H19NO2. The molecule has 0 atom stereocenters. The first-order chi connectivity index (χ1) is 6.35. The molecule has 3 heteroatoms. The predicted molar refractivity (Wildman–Crippen MR) is 50.6 cm³/mol. The zero-order valence-corrected chi connectivity index (χ0v) is 8.09. The molecule has 0 aromatic rings. The maximum atomic E-state index is 9.12. The van der Waals surface area contributed by atoms with E-state index in [1.807, 2.05) is 0 Å². The van der Waals surface area contributed by atoms with Crippen LogP contribution >= 0.6 is 0 Å². The summed E-state index contributed by atoms with van der Waals surface area (Å²) in [4.78, 5) is 0. The molecule has 0 radical (unpaired) electrons. The lowest BCUT2D eigenvalue weighted by atomic mass is 10.1. The highest BCUT2D eigenvalue weighted by Crippen LogP contribution is 2.44. The normalized spacial score (nSPS) is 27.5. The lowest BCUT2D eigenvalue weighted by molar-refractivity contribution is 0.0750. The minimum Gasteiger partial charge on any atom is -0.396 e. The van der Waals surface area contributed by atoms with Crippen LogP contribution in [0, 0.1) is 5.41 Å². The topological polar surface area (TPSA) is 41.5 Å². The Labute approximate surface area is 79.5 Å². The van der Waals surface area contributed by atoms with Crippen molar-refractivity contribution in [1.29, 1.82) is 0 Å². The zero-order chi connectivity index (χ0) is 9.15. The van der Waals surface area contributed by atoms with E-state index in [1.165, 1.54) is 12.8 Å². The monoisotopic (exact) mass is 185 g/mol. The molecule has 1 saturated carbocycles. The zero-order valence-electron chi connectivity index (χ0n) is 8.09. The second-order valence-electron chi connectivity index (χ2n) is 4.43. The molecule has 76 valence electrons. The fourth-order valence-electron chi connectivity index (χ4n) is 1.83. The average molecular weight is 185 g/mol. The quantitative estimate of drug-likeness (QED) is 0.671. The van der Waals surface area contributed by atoms with Crippen molar-refractivity contribution in [2.75, 3.05) is 26.4 Å². The first-order valence-electron chi connectivity index (χ1n) is 5.27. The highest BCUT2D eigenvalue weighted by atomic mass is 16.5. The van der Waals surface area contributed by atoms with Crippen molar-refractivity contribution in [3.8, 4) is 0 Å². The summed E-state index contributed by atoms with van der Waals surface area (Å²) in [5, 5.41) is 12.7. The van der Waals surface area contributed by atoms with Crippen molar-refractivity contribution < 1.29 is 9.84 Å². The minimum absolute atomic E-state index is 0.248. The fourth-order valence-corrected chi connectivity index (χ4v) is 1.83. The van der Waals surface area contributed by atoms with Crippen LogP contribution in [-0.4, -0.2) is 37.5 Å². The van der Waals surface area contributed by atoms with E-state index < -0.39 is 0 Å². The van der Waals surface area contributed by atoms with Crippen LogP contribution in [0.5, 0.6) is 0 Å². The van der Waals surface area contributed by atoms with Crippen molar-refractivity contribution in [2.24, 2.45) is 5.41 Å². The third kappa shape index (κ3) is 2.42. The number of aliphatic hydroxyl groups is 1. The highest BCUT2D eigenvalue weighted by Gasteiger charge is 2.41. The van der Waals surface area contributed by atoms with Crippen LogP contribution in [0.1, 0.15) is 25.7 Å². The molecule has 2 fully saturated rings. The minimum atomic E-state index is 0.248. The molecule has 1 heterocycles. The molecule has 0 aromatic heterocycles. The van der Waals surface area contributed by atoms with Crippen molar-refractivity contribution in [1.82, 2.24) is 5.32 Å². The van der Waals surface area contributed by atoms with Gasteiger partial charge in [0.2, 0.25) is 0 Å². The molecule has 0 spiro atoms. The van der Waals surface area contributed by atoms with E-state index in [0.29, 0.717) is 12.6 Å². The van der Waals surface area contributed by atoms with Crippen LogP contribution in [0.2, 0.25) is 0 Å². The van der Waals surface area contributed by atoms with Crippen LogP contribution in [0.15, 0.2) is 0 Å². The lowest BCUT2D eigenvalue weighted by Gasteiger charge is -2.25. The maximum Gasteiger partial charge on any atom is 0.0499 e. The number of ether oxygens (including phenoxy) is 1. The van der Waals surface area contributed by atoms with E-state index in [0.717, 1.165) is 32.6 Å². The first-order valence-corrected chi connectivity index (χ1v) is 5.27. The molecule has 0 amide bonds. The van der Waals surface area contributed by atoms with Gasteiger partial charge < -0.3 is 15.2 Å². The third-order valence-electron chi connectivity index (χ3n) is 3.28. The van der Waals surface area contributed by atoms with Gasteiger partial charge in [-0.15, -0.1) is 0 Å². The molecule has 2 rings (SSSR count). The van der Waals surface area contributed by atoms with E-state index in [-0.39, 0.29) is 5.41 Å². The van der Waals surface area contributed by atoms with Gasteiger partial charge >= 0.3 is 0 Å². The SMILES string of the molecule is OCC1(CNC2CCOCC2)CC1. The van der Waals surface area contributed by atoms with Gasteiger partial charge in [0.15, 0.2) is 0 Å². The van der Waals surface area contributed by atoms with Gasteiger partial charge in [-0.05, 0) is 25.7 Å². The van der Waals surface area contributed by atoms with Gasteiger partial charge in [0.25, 0.3) is 0 Å². The van der Waals surface area contributed by atoms with Gasteiger partial charge in [-0.2, -0.15) is 0 Å². The summed E-state index contributed by atoms with van der Waals surface area (Å²) in [6, 6.07) is 0.623. The molecule has 2 aliphatic rings. The van der Waals surface area contributed by atoms with Crippen LogP contribution in [0.4, 0.5) is 0 Å². The molecule has 1 saturated heterocycles. The number of aliphatic hydroxyl groups excluding tert-OH is 1. The number of hydrogen-bond donors (Lipinski definition) is 2. The molecule has 13 heavy (non-hydrogen) atoms. The summed E-state index contributed by atoms with van der Waals surface area (Å²) < 4.78 is 5.28. The maximum absolute atomic E-state index is 9.12. The Balaban J connectivity index is 1.66. The molecule has 1 aliphatic carbocycles. The Morgan fingerprint density at radius 1 is 1.31 bits per heavy atom. The summed E-state index contributed by atoms with van der Waals surface area (Å²) in [5.74, 6) is 0. The summed E-state index contributed by atoms with van der Waals surface area (Å²) in [5.41, 5.74) is 0.248. The largest absolute Gasteiger partial charge is 0.396 e. The summed E-state index contributed by atoms with van der Waals surface area (Å²) in [6.45, 7) is 3.13. The molecule has 1 aliphatic heterocycles. The van der Waals surface area contributed by atoms with Gasteiger partial charge in [-0.1, -0.05) is 0 Å². The lowest BCUT2D eigenvalue weighted by Crippen LogP contribution is -2.39. The molecule has 3 nitrogen and oxygen atoms in total. The third-order valence-corrected chi connectivity index (χ3v) is 3.28. The smallest absolute Gasteiger partial charge is 0.0499 e. The summed E-state index contributed by atoms with van der Waals surface area (Å²) in [7, 11) is 0. The van der Waals surface area contributed by atoms with E-state index in [1.54, 1.807) is 0 Å². The van der Waals surface area contributed by atoms with Crippen molar-refractivity contribution in [3.63, 3.8) is 0 Å². The molecule has 0 bridgehead atoms. The Bertz CT molecular complexity index is 162. The van der Waals surface area contributed by atoms with Crippen LogP contribution in [0.3, 0.4) is 0 Å². The van der Waals surface area contributed by atoms with Crippen LogP contribution < -0.4 is 5.32 Å². The van der Waals surface area contributed by atoms with Gasteiger partial charge in [0.05, 0.1) is 0 Å². The van der Waals surface area contributed by atoms with E-state index in [4.69, 9.17) is 9.84 Å². The predicted octanol–water partition coefficient (Wildman–Crippen LogP) is 0.527. The Morgan fingerprint density at radius 2 is 2.00 bits per heavy atom. The first kappa shape index (κ1) is 9.44. The fraction of sp³-hybridized carbons (Fsp3) is 1.00. The standard InChI is InChI=1S/C10H19NO2/c12-8-10(3-4-10)7-11-9-1-5-13-6-2-9/h9,11-12H,1-8H2. The number of nitrogens with one attached hydrogen (secondary N) is 1. The van der Waals surface area contributed by atoms with Crippen LogP contribution in [0.25, 0.3) is 0 Å². The van der Waals surface area contributed by atoms with E-state index >= 15 is 0 Å². The van der Waals surface area contributed by atoms with E-state index in [2.05, 4.69) is 5.32 Å². The number of hydrogen-bond acceptors (Lipinski definition) is 3. The van der Waals surface area contributed by atoms with Crippen LogP contribution in [-0.2, 0) is 4.74 Å². The average Bonchev–Trinajstić information content (AvgIpc) is 2.97. The second kappa shape index (κ2) is 3.95. The van der Waals surface area contributed by atoms with E-state index in [9.17, 15) is 0 Å². The molecule has 0 unspecified atom stereocenters. The molecule has 0 aromatic carbocycles. The van der Waals surface area contributed by atoms with Crippen molar-refractivity contribution >= 4 is 0 Å². The van der Waals surface area contributed by atoms with Gasteiger partial charge in [-0.25, -0.2) is 0 Å². The summed E-state index contributed by atoms with van der Waals surface area (Å²) >= 11 is 0.